The zero-order chi connectivity index (χ0) is 26.9. The van der Waals surface area contributed by atoms with E-state index >= 15 is 0 Å². The number of carbonyl (C=O) groups excluding carboxylic acids is 3. The van der Waals surface area contributed by atoms with Gasteiger partial charge in [-0.25, -0.2) is 4.79 Å². The number of anilines is 2. The number of ketones is 1. The summed E-state index contributed by atoms with van der Waals surface area (Å²) in [5.41, 5.74) is 1.86. The maximum atomic E-state index is 13.3. The van der Waals surface area contributed by atoms with E-state index in [4.69, 9.17) is 4.74 Å². The van der Waals surface area contributed by atoms with E-state index in [2.05, 4.69) is 0 Å². The van der Waals surface area contributed by atoms with Gasteiger partial charge in [0.25, 0.3) is 17.4 Å². The number of methoxy groups -OCH3 is 1. The summed E-state index contributed by atoms with van der Waals surface area (Å²) in [6.07, 6.45) is 0. The number of hydrogen-bond acceptors (Lipinski definition) is 8. The Balaban J connectivity index is 1.87. The Hall–Kier alpha value is -4.99. The minimum absolute atomic E-state index is 0.152. The van der Waals surface area contributed by atoms with Crippen molar-refractivity contribution in [1.29, 1.82) is 0 Å². The maximum absolute atomic E-state index is 13.3. The first kappa shape index (κ1) is 25.1. The summed E-state index contributed by atoms with van der Waals surface area (Å²) in [5.74, 6) is -2.78. The third-order valence-electron chi connectivity index (χ3n) is 6.09. The van der Waals surface area contributed by atoms with Crippen LogP contribution in [0.4, 0.5) is 17.1 Å². The van der Waals surface area contributed by atoms with E-state index in [0.717, 1.165) is 5.69 Å². The van der Waals surface area contributed by atoms with E-state index in [1.165, 1.54) is 60.5 Å². The summed E-state index contributed by atoms with van der Waals surface area (Å²) in [5, 5.41) is 22.2. The van der Waals surface area contributed by atoms with Crippen molar-refractivity contribution in [2.75, 3.05) is 31.0 Å². The summed E-state index contributed by atoms with van der Waals surface area (Å²) in [6, 6.07) is 17.2. The summed E-state index contributed by atoms with van der Waals surface area (Å²) in [6.45, 7) is 0. The third-order valence-corrected chi connectivity index (χ3v) is 6.09. The van der Waals surface area contributed by atoms with Gasteiger partial charge in [-0.15, -0.1) is 0 Å². The highest BCUT2D eigenvalue weighted by atomic mass is 16.6. The van der Waals surface area contributed by atoms with Crippen molar-refractivity contribution in [3.05, 3.63) is 105 Å². The van der Waals surface area contributed by atoms with E-state index in [1.54, 1.807) is 12.1 Å². The molecule has 3 aromatic carbocycles. The zero-order valence-corrected chi connectivity index (χ0v) is 20.2. The van der Waals surface area contributed by atoms with Crippen LogP contribution in [0.25, 0.3) is 5.76 Å². The van der Waals surface area contributed by atoms with Crippen LogP contribution in [0.5, 0.6) is 0 Å². The van der Waals surface area contributed by atoms with Crippen LogP contribution < -0.4 is 9.80 Å². The van der Waals surface area contributed by atoms with Gasteiger partial charge in [0.15, 0.2) is 0 Å². The van der Waals surface area contributed by atoms with E-state index < -0.39 is 34.4 Å². The number of aliphatic hydroxyl groups is 1. The predicted octanol–water partition coefficient (Wildman–Crippen LogP) is 4.07. The molecule has 0 aliphatic carbocycles. The van der Waals surface area contributed by atoms with Crippen LogP contribution in [0, 0.1) is 10.1 Å². The van der Waals surface area contributed by atoms with Crippen molar-refractivity contribution < 1.29 is 29.2 Å². The molecule has 1 saturated heterocycles. The molecule has 1 N–H and O–H groups in total. The molecule has 0 radical (unpaired) electrons. The number of Topliss-reactive ketones (excluding diaryl/α,β-unsaturated/α-hetero) is 1. The average molecular weight is 501 g/mol. The van der Waals surface area contributed by atoms with Crippen molar-refractivity contribution in [1.82, 2.24) is 0 Å². The molecule has 1 unspecified atom stereocenters. The van der Waals surface area contributed by atoms with Crippen molar-refractivity contribution in [2.45, 2.75) is 6.04 Å². The molecular weight excluding hydrogens is 478 g/mol. The molecule has 0 spiro atoms. The largest absolute Gasteiger partial charge is 0.507 e. The molecule has 188 valence electrons. The minimum atomic E-state index is -0.990. The number of aliphatic hydroxyl groups excluding tert-OH is 1. The number of esters is 1. The summed E-state index contributed by atoms with van der Waals surface area (Å²) in [4.78, 5) is 52.0. The number of carbonyl (C=O) groups is 3. The Bertz CT molecular complexity index is 1410. The third kappa shape index (κ3) is 4.64. The van der Waals surface area contributed by atoms with E-state index in [0.29, 0.717) is 11.3 Å². The number of nitro groups is 1. The number of amides is 1. The Morgan fingerprint density at radius 2 is 1.51 bits per heavy atom. The molecule has 1 fully saturated rings. The topological polar surface area (TPSA) is 130 Å². The van der Waals surface area contributed by atoms with Crippen molar-refractivity contribution >= 4 is 40.5 Å². The standard InChI is InChI=1S/C27H23N3O7/c1-28(2)19-10-4-16(5-11-19)23-22(24(31)17-6-14-21(15-7-17)30(35)36)25(32)26(33)29(23)20-12-8-18(9-13-20)27(34)37-3/h4-15,23,31H,1-3H3/b24-22-. The molecule has 4 rings (SSSR count). The fourth-order valence-electron chi connectivity index (χ4n) is 4.14. The monoisotopic (exact) mass is 501 g/mol. The number of hydrogen-bond donors (Lipinski definition) is 1. The number of rotatable bonds is 6. The second-order valence-electron chi connectivity index (χ2n) is 8.50. The lowest BCUT2D eigenvalue weighted by atomic mass is 9.94. The van der Waals surface area contributed by atoms with Crippen molar-refractivity contribution in [3.63, 3.8) is 0 Å². The molecule has 10 nitrogen and oxygen atoms in total. The normalized spacial score (nSPS) is 16.5. The van der Waals surface area contributed by atoms with Crippen molar-refractivity contribution in [3.8, 4) is 0 Å². The van der Waals surface area contributed by atoms with Crippen molar-refractivity contribution in [2.24, 2.45) is 0 Å². The van der Waals surface area contributed by atoms with Gasteiger partial charge in [0, 0.05) is 43.2 Å². The number of nitrogens with zero attached hydrogens (tertiary/aromatic N) is 3. The van der Waals surface area contributed by atoms with E-state index in [1.807, 2.05) is 31.1 Å². The molecular formula is C27H23N3O7. The first-order chi connectivity index (χ1) is 17.6. The summed E-state index contributed by atoms with van der Waals surface area (Å²) >= 11 is 0. The molecule has 37 heavy (non-hydrogen) atoms. The van der Waals surface area contributed by atoms with Gasteiger partial charge in [0.1, 0.15) is 5.76 Å². The van der Waals surface area contributed by atoms with Crippen LogP contribution in [0.1, 0.15) is 27.5 Å². The van der Waals surface area contributed by atoms with E-state index in [9.17, 15) is 29.6 Å². The highest BCUT2D eigenvalue weighted by Gasteiger charge is 2.47. The minimum Gasteiger partial charge on any atom is -0.507 e. The highest BCUT2D eigenvalue weighted by Crippen LogP contribution is 2.42. The molecule has 3 aromatic rings. The SMILES string of the molecule is COC(=O)c1ccc(N2C(=O)C(=O)/C(=C(\O)c3ccc([N+](=O)[O-])cc3)C2c2ccc(N(C)C)cc2)cc1. The Morgan fingerprint density at radius 3 is 2.03 bits per heavy atom. The number of non-ortho nitro benzene ring substituents is 1. The molecule has 0 saturated carbocycles. The van der Waals surface area contributed by atoms with Gasteiger partial charge in [-0.2, -0.15) is 0 Å². The van der Waals surface area contributed by atoms with Gasteiger partial charge >= 0.3 is 5.97 Å². The Labute approximate surface area is 212 Å². The van der Waals surface area contributed by atoms with Crippen LogP contribution in [-0.4, -0.2) is 48.9 Å². The Morgan fingerprint density at radius 1 is 0.946 bits per heavy atom. The summed E-state index contributed by atoms with van der Waals surface area (Å²) < 4.78 is 4.72. The molecule has 1 amide bonds. The maximum Gasteiger partial charge on any atom is 0.337 e. The van der Waals surface area contributed by atoms with Crippen LogP contribution in [-0.2, 0) is 14.3 Å². The van der Waals surface area contributed by atoms with Crippen LogP contribution in [0.2, 0.25) is 0 Å². The molecule has 0 bridgehead atoms. The van der Waals surface area contributed by atoms with Gasteiger partial charge in [-0.1, -0.05) is 12.1 Å². The molecule has 1 atom stereocenters. The first-order valence-electron chi connectivity index (χ1n) is 11.2. The lowest BCUT2D eigenvalue weighted by molar-refractivity contribution is -0.384. The molecule has 1 aliphatic heterocycles. The smallest absolute Gasteiger partial charge is 0.337 e. The van der Waals surface area contributed by atoms with E-state index in [-0.39, 0.29) is 22.4 Å². The first-order valence-corrected chi connectivity index (χ1v) is 11.2. The Kier molecular flexibility index (Phi) is 6.75. The lowest BCUT2D eigenvalue weighted by Crippen LogP contribution is -2.29. The van der Waals surface area contributed by atoms with Gasteiger partial charge < -0.3 is 14.7 Å². The average Bonchev–Trinajstić information content (AvgIpc) is 3.18. The molecule has 0 aromatic heterocycles. The number of ether oxygens (including phenoxy) is 1. The van der Waals surface area contributed by atoms with Crippen LogP contribution in [0.15, 0.2) is 78.4 Å². The lowest BCUT2D eigenvalue weighted by Gasteiger charge is -2.26. The molecule has 1 heterocycles. The fourth-order valence-corrected chi connectivity index (χ4v) is 4.14. The highest BCUT2D eigenvalue weighted by molar-refractivity contribution is 6.51. The summed E-state index contributed by atoms with van der Waals surface area (Å²) in [7, 11) is 5.00. The van der Waals surface area contributed by atoms with Gasteiger partial charge in [0.05, 0.1) is 29.2 Å². The quantitative estimate of drug-likeness (QED) is 0.134. The fraction of sp³-hybridized carbons (Fsp3) is 0.148. The zero-order valence-electron chi connectivity index (χ0n) is 20.2. The molecule has 1 aliphatic rings. The van der Waals surface area contributed by atoms with Gasteiger partial charge in [0.2, 0.25) is 0 Å². The molecule has 10 heteroatoms. The second-order valence-corrected chi connectivity index (χ2v) is 8.50. The number of benzene rings is 3. The predicted molar refractivity (Wildman–Crippen MR) is 136 cm³/mol. The second kappa shape index (κ2) is 9.94. The number of nitro benzene ring substituents is 1. The van der Waals surface area contributed by atoms with Crippen LogP contribution in [0.3, 0.4) is 0 Å². The van der Waals surface area contributed by atoms with Crippen LogP contribution >= 0.6 is 0 Å². The van der Waals surface area contributed by atoms with Gasteiger partial charge in [-0.3, -0.25) is 24.6 Å². The van der Waals surface area contributed by atoms with Gasteiger partial charge in [-0.05, 0) is 54.1 Å².